The number of carbonyl (C=O) groups excluding carboxylic acids is 1. The average molecular weight is 392 g/mol. The fourth-order valence-corrected chi connectivity index (χ4v) is 4.37. The van der Waals surface area contributed by atoms with Crippen LogP contribution in [0.5, 0.6) is 0 Å². The molecule has 3 heterocycles. The van der Waals surface area contributed by atoms with Gasteiger partial charge in [-0.2, -0.15) is 13.2 Å². The SMILES string of the molecule is COC(=O)C12CCCC1CN(c1cc(C(F)(F)F)nc(-c3cccnc3)n1)C2. The monoisotopic (exact) mass is 392 g/mol. The lowest BCUT2D eigenvalue weighted by Crippen LogP contribution is -2.37. The van der Waals surface area contributed by atoms with Crippen LogP contribution in [0.3, 0.4) is 0 Å². The lowest BCUT2D eigenvalue weighted by Gasteiger charge is -2.26. The van der Waals surface area contributed by atoms with E-state index in [4.69, 9.17) is 4.74 Å². The minimum Gasteiger partial charge on any atom is -0.469 e. The van der Waals surface area contributed by atoms with E-state index in [9.17, 15) is 18.0 Å². The maximum atomic E-state index is 13.4. The van der Waals surface area contributed by atoms with Crippen LogP contribution in [0, 0.1) is 11.3 Å². The second kappa shape index (κ2) is 6.72. The van der Waals surface area contributed by atoms with Crippen molar-refractivity contribution < 1.29 is 22.7 Å². The number of esters is 1. The molecule has 1 saturated heterocycles. The number of hydrogen-bond donors (Lipinski definition) is 0. The molecule has 148 valence electrons. The molecular weight excluding hydrogens is 373 g/mol. The summed E-state index contributed by atoms with van der Waals surface area (Å²) >= 11 is 0. The third-order valence-corrected chi connectivity index (χ3v) is 5.71. The highest BCUT2D eigenvalue weighted by Gasteiger charge is 2.55. The Labute approximate surface area is 159 Å². The molecule has 0 radical (unpaired) electrons. The van der Waals surface area contributed by atoms with Gasteiger partial charge in [-0.15, -0.1) is 0 Å². The van der Waals surface area contributed by atoms with E-state index in [1.54, 1.807) is 17.0 Å². The van der Waals surface area contributed by atoms with Crippen LogP contribution >= 0.6 is 0 Å². The Kier molecular flexibility index (Phi) is 4.47. The smallest absolute Gasteiger partial charge is 0.433 e. The van der Waals surface area contributed by atoms with Gasteiger partial charge in [0.2, 0.25) is 0 Å². The number of rotatable bonds is 3. The molecule has 0 N–H and O–H groups in total. The van der Waals surface area contributed by atoms with Gasteiger partial charge in [0.15, 0.2) is 11.5 Å². The average Bonchev–Trinajstić information content (AvgIpc) is 3.25. The fraction of sp³-hybridized carbons (Fsp3) is 0.474. The van der Waals surface area contributed by atoms with E-state index in [0.717, 1.165) is 18.9 Å². The quantitative estimate of drug-likeness (QED) is 0.747. The highest BCUT2D eigenvalue weighted by Crippen LogP contribution is 2.50. The van der Waals surface area contributed by atoms with E-state index < -0.39 is 17.3 Å². The number of carbonyl (C=O) groups is 1. The summed E-state index contributed by atoms with van der Waals surface area (Å²) in [6.07, 6.45) is 0.774. The molecule has 1 aliphatic heterocycles. The number of ether oxygens (including phenoxy) is 1. The molecule has 0 aromatic carbocycles. The van der Waals surface area contributed by atoms with Crippen molar-refractivity contribution in [1.82, 2.24) is 15.0 Å². The highest BCUT2D eigenvalue weighted by atomic mass is 19.4. The first-order valence-corrected chi connectivity index (χ1v) is 9.03. The standard InChI is InChI=1S/C19H19F3N4O2/c1-28-17(27)18-6-2-5-13(18)10-26(11-18)15-8-14(19(20,21)22)24-16(25-15)12-4-3-7-23-9-12/h3-4,7-9,13H,2,5-6,10-11H2,1H3. The van der Waals surface area contributed by atoms with Gasteiger partial charge in [-0.1, -0.05) is 6.42 Å². The molecular formula is C19H19F3N4O2. The maximum absolute atomic E-state index is 13.4. The minimum atomic E-state index is -4.61. The maximum Gasteiger partial charge on any atom is 0.433 e. The van der Waals surface area contributed by atoms with Crippen LogP contribution in [0.25, 0.3) is 11.4 Å². The Morgan fingerprint density at radius 1 is 1.36 bits per heavy atom. The summed E-state index contributed by atoms with van der Waals surface area (Å²) in [6.45, 7) is 0.765. The molecule has 0 spiro atoms. The molecule has 4 rings (SSSR count). The molecule has 9 heteroatoms. The zero-order chi connectivity index (χ0) is 19.9. The van der Waals surface area contributed by atoms with Crippen molar-refractivity contribution in [3.8, 4) is 11.4 Å². The molecule has 28 heavy (non-hydrogen) atoms. The van der Waals surface area contributed by atoms with Crippen LogP contribution in [0.15, 0.2) is 30.6 Å². The van der Waals surface area contributed by atoms with Gasteiger partial charge < -0.3 is 9.64 Å². The first kappa shape index (κ1) is 18.6. The zero-order valence-electron chi connectivity index (χ0n) is 15.2. The Bertz CT molecular complexity index is 890. The Morgan fingerprint density at radius 3 is 2.86 bits per heavy atom. The molecule has 1 aliphatic carbocycles. The summed E-state index contributed by atoms with van der Waals surface area (Å²) in [6, 6.07) is 4.18. The number of halogens is 3. The van der Waals surface area contributed by atoms with E-state index >= 15 is 0 Å². The van der Waals surface area contributed by atoms with Crippen LogP contribution < -0.4 is 4.90 Å². The van der Waals surface area contributed by atoms with Crippen molar-refractivity contribution in [1.29, 1.82) is 0 Å². The summed E-state index contributed by atoms with van der Waals surface area (Å²) in [5.74, 6) is -0.123. The first-order chi connectivity index (χ1) is 13.3. The molecule has 2 aromatic rings. The van der Waals surface area contributed by atoms with Crippen LogP contribution in [0.2, 0.25) is 0 Å². The van der Waals surface area contributed by atoms with Crippen LogP contribution in [0.1, 0.15) is 25.0 Å². The molecule has 0 bridgehead atoms. The second-order valence-electron chi connectivity index (χ2n) is 7.29. The van der Waals surface area contributed by atoms with Crippen molar-refractivity contribution in [3.63, 3.8) is 0 Å². The normalized spacial score (nSPS) is 24.3. The van der Waals surface area contributed by atoms with Gasteiger partial charge in [0, 0.05) is 37.1 Å². The van der Waals surface area contributed by atoms with E-state index in [-0.39, 0.29) is 23.5 Å². The number of nitrogens with zero attached hydrogens (tertiary/aromatic N) is 4. The number of aromatic nitrogens is 3. The van der Waals surface area contributed by atoms with Gasteiger partial charge in [0.25, 0.3) is 0 Å². The largest absolute Gasteiger partial charge is 0.469 e. The number of alkyl halides is 3. The van der Waals surface area contributed by atoms with E-state index in [1.165, 1.54) is 19.5 Å². The third-order valence-electron chi connectivity index (χ3n) is 5.71. The fourth-order valence-electron chi connectivity index (χ4n) is 4.37. The van der Waals surface area contributed by atoms with E-state index in [1.807, 2.05) is 0 Å². The number of hydrogen-bond acceptors (Lipinski definition) is 6. The summed E-state index contributed by atoms with van der Waals surface area (Å²) in [5, 5.41) is 0. The minimum absolute atomic E-state index is 0.0397. The first-order valence-electron chi connectivity index (χ1n) is 9.03. The number of pyridine rings is 1. The number of fused-ring (bicyclic) bond motifs is 1. The molecule has 2 atom stereocenters. The molecule has 1 saturated carbocycles. The molecule has 2 aliphatic rings. The van der Waals surface area contributed by atoms with Crippen molar-refractivity contribution in [2.75, 3.05) is 25.1 Å². The van der Waals surface area contributed by atoms with Crippen molar-refractivity contribution in [3.05, 3.63) is 36.3 Å². The van der Waals surface area contributed by atoms with Gasteiger partial charge in [0.05, 0.1) is 12.5 Å². The topological polar surface area (TPSA) is 68.2 Å². The molecule has 2 unspecified atom stereocenters. The molecule has 2 aromatic heterocycles. The van der Waals surface area contributed by atoms with Crippen LogP contribution in [0.4, 0.5) is 19.0 Å². The predicted molar refractivity (Wildman–Crippen MR) is 94.3 cm³/mol. The van der Waals surface area contributed by atoms with Gasteiger partial charge in [-0.05, 0) is 30.9 Å². The zero-order valence-corrected chi connectivity index (χ0v) is 15.2. The number of anilines is 1. The summed E-state index contributed by atoms with van der Waals surface area (Å²) in [7, 11) is 1.35. The summed E-state index contributed by atoms with van der Waals surface area (Å²) < 4.78 is 45.3. The molecule has 6 nitrogen and oxygen atoms in total. The highest BCUT2D eigenvalue weighted by molar-refractivity contribution is 5.79. The second-order valence-corrected chi connectivity index (χ2v) is 7.29. The predicted octanol–water partition coefficient (Wildman–Crippen LogP) is 3.34. The lowest BCUT2D eigenvalue weighted by atomic mass is 9.81. The molecule has 0 amide bonds. The Morgan fingerprint density at radius 2 is 2.18 bits per heavy atom. The molecule has 2 fully saturated rings. The Balaban J connectivity index is 1.75. The van der Waals surface area contributed by atoms with Crippen molar-refractivity contribution in [2.24, 2.45) is 11.3 Å². The van der Waals surface area contributed by atoms with Crippen LogP contribution in [-0.2, 0) is 15.7 Å². The number of methoxy groups -OCH3 is 1. The van der Waals surface area contributed by atoms with E-state index in [0.29, 0.717) is 25.1 Å². The van der Waals surface area contributed by atoms with Gasteiger partial charge >= 0.3 is 12.1 Å². The van der Waals surface area contributed by atoms with Gasteiger partial charge in [-0.3, -0.25) is 9.78 Å². The third kappa shape index (κ3) is 3.08. The summed E-state index contributed by atoms with van der Waals surface area (Å²) in [5.41, 5.74) is -1.29. The van der Waals surface area contributed by atoms with E-state index in [2.05, 4.69) is 15.0 Å². The Hall–Kier alpha value is -2.71. The van der Waals surface area contributed by atoms with Crippen molar-refractivity contribution in [2.45, 2.75) is 25.4 Å². The van der Waals surface area contributed by atoms with Gasteiger partial charge in [-0.25, -0.2) is 9.97 Å². The van der Waals surface area contributed by atoms with Crippen molar-refractivity contribution >= 4 is 11.8 Å². The van der Waals surface area contributed by atoms with Gasteiger partial charge in [0.1, 0.15) is 5.82 Å². The summed E-state index contributed by atoms with van der Waals surface area (Å²) in [4.78, 5) is 26.2. The van der Waals surface area contributed by atoms with Crippen LogP contribution in [-0.4, -0.2) is 41.1 Å². The lowest BCUT2D eigenvalue weighted by molar-refractivity contribution is -0.153.